The third-order valence-corrected chi connectivity index (χ3v) is 7.01. The highest BCUT2D eigenvalue weighted by molar-refractivity contribution is 7.12. The number of carbonyl (C=O) groups excluding carboxylic acids is 2. The van der Waals surface area contributed by atoms with Gasteiger partial charge in [0.2, 0.25) is 5.95 Å². The van der Waals surface area contributed by atoms with Gasteiger partial charge in [-0.1, -0.05) is 25.3 Å². The maximum atomic E-state index is 13.1. The fraction of sp³-hybridized carbons (Fsp3) is 0.458. The molecule has 8 heteroatoms. The van der Waals surface area contributed by atoms with Gasteiger partial charge in [-0.15, -0.1) is 11.3 Å². The van der Waals surface area contributed by atoms with Crippen molar-refractivity contribution in [1.29, 1.82) is 0 Å². The Bertz CT molecular complexity index is 1070. The largest absolute Gasteiger partial charge is 0.385 e. The number of amides is 2. The number of aryl methyl sites for hydroxylation is 1. The first-order valence-corrected chi connectivity index (χ1v) is 12.1. The van der Waals surface area contributed by atoms with Crippen LogP contribution in [-0.2, 0) is 11.3 Å². The second-order valence-corrected chi connectivity index (χ2v) is 9.22. The molecule has 0 unspecified atom stereocenters. The van der Waals surface area contributed by atoms with Gasteiger partial charge < -0.3 is 14.2 Å². The summed E-state index contributed by atoms with van der Waals surface area (Å²) in [6.45, 7) is 1.26. The molecule has 1 aromatic carbocycles. The highest BCUT2D eigenvalue weighted by atomic mass is 32.1. The van der Waals surface area contributed by atoms with Gasteiger partial charge in [0, 0.05) is 38.9 Å². The van der Waals surface area contributed by atoms with E-state index in [4.69, 9.17) is 4.74 Å². The third kappa shape index (κ3) is 4.86. The molecule has 2 heterocycles. The van der Waals surface area contributed by atoms with Crippen molar-refractivity contribution in [3.05, 3.63) is 46.2 Å². The highest BCUT2D eigenvalue weighted by Gasteiger charge is 2.24. The van der Waals surface area contributed by atoms with Crippen LogP contribution >= 0.6 is 11.3 Å². The topological polar surface area (TPSA) is 76.5 Å². The van der Waals surface area contributed by atoms with Gasteiger partial charge in [-0.2, -0.15) is 0 Å². The molecule has 0 radical (unpaired) electrons. The van der Waals surface area contributed by atoms with Crippen molar-refractivity contribution in [2.45, 2.75) is 51.1 Å². The van der Waals surface area contributed by atoms with Crippen molar-refractivity contribution in [2.75, 3.05) is 26.1 Å². The molecule has 2 amide bonds. The number of nitrogens with one attached hydrogen (secondary N) is 1. The zero-order valence-electron chi connectivity index (χ0n) is 18.7. The van der Waals surface area contributed by atoms with Crippen LogP contribution in [0.5, 0.6) is 0 Å². The molecule has 1 N–H and O–H groups in total. The summed E-state index contributed by atoms with van der Waals surface area (Å²) >= 11 is 1.39. The van der Waals surface area contributed by atoms with Gasteiger partial charge in [-0.3, -0.25) is 14.9 Å². The standard InChI is InChI=1S/C24H30N4O3S/c1-27(18-8-4-3-5-9-18)23(30)17-11-12-20-19(16-17)25-24(28(20)13-7-14-31-2)26-22(29)21-10-6-15-32-21/h6,10-12,15-16,18H,3-5,7-9,13-14H2,1-2H3,(H,25,26,29). The minimum atomic E-state index is -0.184. The Morgan fingerprint density at radius 2 is 2.06 bits per heavy atom. The summed E-state index contributed by atoms with van der Waals surface area (Å²) in [4.78, 5) is 33.0. The number of anilines is 1. The number of thiophene rings is 1. The number of carbonyl (C=O) groups is 2. The van der Waals surface area contributed by atoms with Crippen molar-refractivity contribution in [2.24, 2.45) is 0 Å². The van der Waals surface area contributed by atoms with Gasteiger partial charge in [0.25, 0.3) is 11.8 Å². The molecule has 0 saturated heterocycles. The van der Waals surface area contributed by atoms with Crippen LogP contribution in [0.4, 0.5) is 5.95 Å². The van der Waals surface area contributed by atoms with Crippen molar-refractivity contribution in [1.82, 2.24) is 14.5 Å². The first kappa shape index (κ1) is 22.5. The van der Waals surface area contributed by atoms with Crippen LogP contribution in [0.2, 0.25) is 0 Å². The molecule has 0 atom stereocenters. The fourth-order valence-electron chi connectivity index (χ4n) is 4.36. The minimum absolute atomic E-state index is 0.0249. The number of imidazole rings is 1. The molecule has 1 saturated carbocycles. The van der Waals surface area contributed by atoms with E-state index < -0.39 is 0 Å². The van der Waals surface area contributed by atoms with Gasteiger partial charge in [-0.25, -0.2) is 4.98 Å². The van der Waals surface area contributed by atoms with E-state index in [0.717, 1.165) is 24.8 Å². The Morgan fingerprint density at radius 3 is 2.78 bits per heavy atom. The molecular weight excluding hydrogens is 424 g/mol. The molecule has 0 aliphatic heterocycles. The van der Waals surface area contributed by atoms with Gasteiger partial charge in [-0.05, 0) is 48.9 Å². The van der Waals surface area contributed by atoms with Crippen LogP contribution < -0.4 is 5.32 Å². The van der Waals surface area contributed by atoms with Crippen molar-refractivity contribution < 1.29 is 14.3 Å². The molecule has 0 spiro atoms. The Morgan fingerprint density at radius 1 is 1.25 bits per heavy atom. The van der Waals surface area contributed by atoms with E-state index in [1.54, 1.807) is 13.2 Å². The van der Waals surface area contributed by atoms with E-state index >= 15 is 0 Å². The fourth-order valence-corrected chi connectivity index (χ4v) is 4.98. The Labute approximate surface area is 192 Å². The molecule has 1 aliphatic carbocycles. The summed E-state index contributed by atoms with van der Waals surface area (Å²) in [5.41, 5.74) is 2.22. The molecule has 7 nitrogen and oxygen atoms in total. The molecule has 1 fully saturated rings. The van der Waals surface area contributed by atoms with Crippen LogP contribution in [0, 0.1) is 0 Å². The molecule has 0 bridgehead atoms. The lowest BCUT2D eigenvalue weighted by Gasteiger charge is -2.31. The summed E-state index contributed by atoms with van der Waals surface area (Å²) in [6.07, 6.45) is 6.54. The number of hydrogen-bond acceptors (Lipinski definition) is 5. The summed E-state index contributed by atoms with van der Waals surface area (Å²) in [6, 6.07) is 9.57. The van der Waals surface area contributed by atoms with Crippen LogP contribution in [0.3, 0.4) is 0 Å². The molecule has 3 aromatic rings. The number of fused-ring (bicyclic) bond motifs is 1. The molecule has 1 aliphatic rings. The van der Waals surface area contributed by atoms with E-state index in [1.165, 1.54) is 30.6 Å². The van der Waals surface area contributed by atoms with Gasteiger partial charge in [0.1, 0.15) is 0 Å². The van der Waals surface area contributed by atoms with E-state index in [2.05, 4.69) is 10.3 Å². The monoisotopic (exact) mass is 454 g/mol. The Kier molecular flexibility index (Phi) is 7.22. The van der Waals surface area contributed by atoms with Crippen molar-refractivity contribution >= 4 is 40.1 Å². The zero-order valence-corrected chi connectivity index (χ0v) is 19.5. The maximum absolute atomic E-state index is 13.1. The average molecular weight is 455 g/mol. The number of aromatic nitrogens is 2. The molecule has 2 aromatic heterocycles. The van der Waals surface area contributed by atoms with Gasteiger partial charge in [0.05, 0.1) is 15.9 Å². The average Bonchev–Trinajstić information content (AvgIpc) is 3.47. The van der Waals surface area contributed by atoms with Crippen molar-refractivity contribution in [3.8, 4) is 0 Å². The van der Waals surface area contributed by atoms with E-state index in [-0.39, 0.29) is 11.8 Å². The maximum Gasteiger partial charge on any atom is 0.268 e. The van der Waals surface area contributed by atoms with Gasteiger partial charge >= 0.3 is 0 Å². The van der Waals surface area contributed by atoms with Crippen LogP contribution in [-0.4, -0.2) is 53.1 Å². The third-order valence-electron chi connectivity index (χ3n) is 6.14. The smallest absolute Gasteiger partial charge is 0.268 e. The zero-order chi connectivity index (χ0) is 22.5. The lowest BCUT2D eigenvalue weighted by molar-refractivity contribution is 0.0696. The quantitative estimate of drug-likeness (QED) is 0.497. The first-order valence-electron chi connectivity index (χ1n) is 11.2. The van der Waals surface area contributed by atoms with E-state index in [0.29, 0.717) is 41.1 Å². The molecule has 170 valence electrons. The number of rotatable bonds is 8. The summed E-state index contributed by atoms with van der Waals surface area (Å²) in [7, 11) is 3.57. The lowest BCUT2D eigenvalue weighted by atomic mass is 9.94. The highest BCUT2D eigenvalue weighted by Crippen LogP contribution is 2.26. The van der Waals surface area contributed by atoms with Crippen LogP contribution in [0.25, 0.3) is 11.0 Å². The van der Waals surface area contributed by atoms with Crippen LogP contribution in [0.15, 0.2) is 35.7 Å². The van der Waals surface area contributed by atoms with E-state index in [1.807, 2.05) is 46.2 Å². The molecule has 4 rings (SSSR count). The summed E-state index contributed by atoms with van der Waals surface area (Å²) < 4.78 is 7.18. The first-order chi connectivity index (χ1) is 15.6. The number of nitrogens with zero attached hydrogens (tertiary/aromatic N) is 3. The molecular formula is C24H30N4O3S. The predicted molar refractivity (Wildman–Crippen MR) is 127 cm³/mol. The number of benzene rings is 1. The van der Waals surface area contributed by atoms with Gasteiger partial charge in [0.15, 0.2) is 0 Å². The second kappa shape index (κ2) is 10.3. The van der Waals surface area contributed by atoms with Crippen molar-refractivity contribution in [3.63, 3.8) is 0 Å². The predicted octanol–water partition coefficient (Wildman–Crippen LogP) is 4.79. The summed E-state index contributed by atoms with van der Waals surface area (Å²) in [5, 5.41) is 4.81. The SMILES string of the molecule is COCCCn1c(NC(=O)c2cccs2)nc2cc(C(=O)N(C)C3CCCCC3)ccc21. The number of hydrogen-bond donors (Lipinski definition) is 1. The second-order valence-electron chi connectivity index (χ2n) is 8.28. The normalized spacial score (nSPS) is 14.6. The summed E-state index contributed by atoms with van der Waals surface area (Å²) in [5.74, 6) is 0.327. The minimum Gasteiger partial charge on any atom is -0.385 e. The van der Waals surface area contributed by atoms with Crippen LogP contribution in [0.1, 0.15) is 58.6 Å². The lowest BCUT2D eigenvalue weighted by Crippen LogP contribution is -2.38. The molecule has 32 heavy (non-hydrogen) atoms. The number of ether oxygens (including phenoxy) is 1. The Balaban J connectivity index is 1.61. The van der Waals surface area contributed by atoms with E-state index in [9.17, 15) is 9.59 Å². The Hall–Kier alpha value is -2.71. The number of methoxy groups -OCH3 is 1.